The van der Waals surface area contributed by atoms with Crippen molar-refractivity contribution in [2.45, 2.75) is 129 Å². The fourth-order valence-electron chi connectivity index (χ4n) is 12.1. The zero-order chi connectivity index (χ0) is 54.7. The maximum atomic E-state index is 15.7. The van der Waals surface area contributed by atoms with E-state index in [2.05, 4.69) is 65.1 Å². The number of piperazine rings is 1. The quantitative estimate of drug-likeness (QED) is 0.0636. The van der Waals surface area contributed by atoms with Gasteiger partial charge in [-0.25, -0.2) is 18.7 Å². The first-order valence-electron chi connectivity index (χ1n) is 28.4. The zero-order valence-corrected chi connectivity index (χ0v) is 46.1. The summed E-state index contributed by atoms with van der Waals surface area (Å²) in [6, 6.07) is 13.5. The van der Waals surface area contributed by atoms with Crippen molar-refractivity contribution in [3.05, 3.63) is 77.6 Å². The summed E-state index contributed by atoms with van der Waals surface area (Å²) >= 11 is 0. The number of nitrogens with one attached hydrogen (secondary N) is 5. The van der Waals surface area contributed by atoms with Gasteiger partial charge in [-0.1, -0.05) is 65.0 Å². The number of carbonyl (C=O) groups excluding carboxylic acids is 4. The number of piperidine rings is 2. The van der Waals surface area contributed by atoms with E-state index in [1.165, 1.54) is 18.5 Å². The summed E-state index contributed by atoms with van der Waals surface area (Å²) in [6.45, 7) is 18.4. The van der Waals surface area contributed by atoms with Gasteiger partial charge in [0.15, 0.2) is 0 Å². The Balaban J connectivity index is 0.676. The number of fused-ring (bicyclic) bond motifs is 1. The van der Waals surface area contributed by atoms with Crippen molar-refractivity contribution in [2.75, 3.05) is 100 Å². The number of aromatic nitrogens is 2. The van der Waals surface area contributed by atoms with Gasteiger partial charge < -0.3 is 51.1 Å². The first-order chi connectivity index (χ1) is 36.9. The predicted octanol–water partition coefficient (Wildman–Crippen LogP) is 5.27. The highest BCUT2D eigenvalue weighted by Gasteiger charge is 2.43. The van der Waals surface area contributed by atoms with Gasteiger partial charge in [0.1, 0.15) is 48.4 Å². The van der Waals surface area contributed by atoms with Crippen molar-refractivity contribution in [3.63, 3.8) is 0 Å². The van der Waals surface area contributed by atoms with Gasteiger partial charge in [0.2, 0.25) is 23.6 Å². The normalized spacial score (nSPS) is 22.6. The third kappa shape index (κ3) is 16.3. The van der Waals surface area contributed by atoms with Gasteiger partial charge in [-0.05, 0) is 125 Å². The molecular weight excluding hydrogens is 985 g/mol. The number of anilines is 3. The molecule has 17 nitrogen and oxygen atoms in total. The van der Waals surface area contributed by atoms with Crippen LogP contribution in [0.15, 0.2) is 54.9 Å². The Kier molecular flexibility index (Phi) is 19.8. The van der Waals surface area contributed by atoms with Crippen LogP contribution in [-0.4, -0.2) is 157 Å². The van der Waals surface area contributed by atoms with Gasteiger partial charge in [0, 0.05) is 76.6 Å². The molecule has 1 saturated carbocycles. The van der Waals surface area contributed by atoms with E-state index in [0.717, 1.165) is 76.2 Å². The Morgan fingerprint density at radius 3 is 2.27 bits per heavy atom. The van der Waals surface area contributed by atoms with Crippen LogP contribution in [0.25, 0.3) is 0 Å². The largest absolute Gasteiger partial charge is 0.383 e. The minimum Gasteiger partial charge on any atom is -0.383 e. The lowest BCUT2D eigenvalue weighted by atomic mass is 9.82. The summed E-state index contributed by atoms with van der Waals surface area (Å²) < 4.78 is 37.3. The maximum absolute atomic E-state index is 15.7. The topological polar surface area (TPSA) is 197 Å². The molecule has 5 aliphatic rings. The molecule has 1 spiro atoms. The van der Waals surface area contributed by atoms with Crippen LogP contribution < -0.4 is 36.4 Å². The van der Waals surface area contributed by atoms with Crippen LogP contribution in [0.2, 0.25) is 0 Å². The fraction of sp³-hybridized carbons (Fsp3) is 0.655. The third-order valence-electron chi connectivity index (χ3n) is 16.7. The number of nitrogens with zero attached hydrogens (tertiary/aromatic N) is 6. The van der Waals surface area contributed by atoms with Gasteiger partial charge in [-0.3, -0.25) is 24.1 Å². The second kappa shape index (κ2) is 26.4. The Hall–Kier alpha value is -5.50. The lowest BCUT2D eigenvalue weighted by Gasteiger charge is -2.48. The Labute approximate surface area is 454 Å². The summed E-state index contributed by atoms with van der Waals surface area (Å²) in [5.74, 6) is 0.277. The van der Waals surface area contributed by atoms with Gasteiger partial charge in [0.05, 0.1) is 23.9 Å². The molecule has 8 rings (SSSR count). The first-order valence-corrected chi connectivity index (χ1v) is 28.4. The van der Waals surface area contributed by atoms with E-state index in [1.807, 2.05) is 57.2 Å². The number of carbonyl (C=O) groups is 4. The number of hydrogen-bond donors (Lipinski definition) is 6. The molecule has 4 amide bonds. The smallest absolute Gasteiger partial charge is 0.249 e. The second-order valence-corrected chi connectivity index (χ2v) is 24.0. The van der Waals surface area contributed by atoms with E-state index in [4.69, 9.17) is 4.74 Å². The first kappa shape index (κ1) is 57.7. The number of halogens is 2. The molecule has 422 valence electrons. The number of rotatable bonds is 24. The Morgan fingerprint density at radius 2 is 1.56 bits per heavy atom. The predicted molar refractivity (Wildman–Crippen MR) is 294 cm³/mol. The molecule has 0 unspecified atom stereocenters. The van der Waals surface area contributed by atoms with E-state index in [1.54, 1.807) is 4.90 Å². The SMILES string of the molecule is CC(C)C[C@H](NC(=O)[C@@H](O)[C@H](C)Cc1ccccc1)C(=O)NCCCN1C[C@H]2C[C@@H](OCC(=O)NCCCNc3cc(N4CCC5(CC4)CN(c4cc(F)c(CN6CCC(C)(C)CC6)cc4F)CC(=O)N5)ncn3)C[C@H]2C1. The number of hydrogen-bond acceptors (Lipinski definition) is 13. The standard InChI is InChI=1S/C58H85F2N11O6/c1-39(2)25-48(66-56(76)54(74)40(3)26-41-11-7-6-8-12-41)55(75)63-19-10-20-69-32-42-27-45(28-43(42)33-69)77-36-53(73)62-18-9-17-61-50-31-51(65-38-64-50)70-23-15-58(16-24-70)37-71(35-52(72)67-58)49-30-46(59)44(29-47(49)60)34-68-21-13-57(4,5)14-22-68/h6-8,11-12,29-31,38-40,42-43,45,48,54,74H,9-10,13-28,32-37H2,1-5H3,(H,62,73)(H,63,75)(H,66,76)(H,67,72)(H,61,64,65)/t40-,42-,43+,45-,48+,54+/m1/s1. The molecule has 2 aromatic carbocycles. The van der Waals surface area contributed by atoms with E-state index < -0.39 is 35.2 Å². The fourth-order valence-corrected chi connectivity index (χ4v) is 12.1. The van der Waals surface area contributed by atoms with Crippen LogP contribution in [0.4, 0.5) is 26.1 Å². The average Bonchev–Trinajstić information content (AvgIpc) is 3.97. The van der Waals surface area contributed by atoms with E-state index >= 15 is 8.78 Å². The Bertz CT molecular complexity index is 2440. The summed E-state index contributed by atoms with van der Waals surface area (Å²) in [5, 5.41) is 26.1. The van der Waals surface area contributed by atoms with E-state index in [0.29, 0.717) is 101 Å². The molecule has 5 heterocycles. The molecule has 6 atom stereocenters. The highest BCUT2D eigenvalue weighted by atomic mass is 19.1. The second-order valence-electron chi connectivity index (χ2n) is 24.0. The number of ether oxygens (including phenoxy) is 1. The van der Waals surface area contributed by atoms with Crippen LogP contribution in [-0.2, 0) is 36.9 Å². The Morgan fingerprint density at radius 1 is 0.844 bits per heavy atom. The summed E-state index contributed by atoms with van der Waals surface area (Å²) in [5.41, 5.74) is 1.19. The van der Waals surface area contributed by atoms with Crippen molar-refractivity contribution in [1.29, 1.82) is 0 Å². The van der Waals surface area contributed by atoms with Gasteiger partial charge in [0.25, 0.3) is 0 Å². The summed E-state index contributed by atoms with van der Waals surface area (Å²) in [4.78, 5) is 69.5. The zero-order valence-electron chi connectivity index (χ0n) is 46.1. The molecule has 0 bridgehead atoms. The molecule has 0 radical (unpaired) electrons. The lowest BCUT2D eigenvalue weighted by molar-refractivity contribution is -0.136. The molecule has 77 heavy (non-hydrogen) atoms. The molecule has 1 aromatic heterocycles. The number of aliphatic hydroxyl groups excluding tert-OH is 1. The molecule has 3 aromatic rings. The van der Waals surface area contributed by atoms with Crippen molar-refractivity contribution < 1.29 is 37.8 Å². The molecular formula is C58H85F2N11O6. The molecule has 5 fully saturated rings. The molecule has 4 aliphatic heterocycles. The lowest BCUT2D eigenvalue weighted by Crippen LogP contribution is -2.66. The highest BCUT2D eigenvalue weighted by molar-refractivity contribution is 5.89. The molecule has 19 heteroatoms. The summed E-state index contributed by atoms with van der Waals surface area (Å²) in [6.07, 6.45) is 7.96. The average molecular weight is 1070 g/mol. The van der Waals surface area contributed by atoms with Crippen LogP contribution in [0, 0.1) is 40.7 Å². The van der Waals surface area contributed by atoms with Gasteiger partial charge in [-0.15, -0.1) is 0 Å². The number of aliphatic hydroxyl groups is 1. The number of likely N-dealkylation sites (tertiary alicyclic amines) is 2. The van der Waals surface area contributed by atoms with Crippen LogP contribution in [0.1, 0.15) is 104 Å². The van der Waals surface area contributed by atoms with Gasteiger partial charge in [-0.2, -0.15) is 0 Å². The number of amides is 4. The van der Waals surface area contributed by atoms with Crippen LogP contribution in [0.3, 0.4) is 0 Å². The minimum atomic E-state index is -1.22. The molecule has 6 N–H and O–H groups in total. The van der Waals surface area contributed by atoms with Crippen molar-refractivity contribution in [1.82, 2.24) is 41.0 Å². The minimum absolute atomic E-state index is 0.0272. The van der Waals surface area contributed by atoms with Crippen LogP contribution in [0.5, 0.6) is 0 Å². The monoisotopic (exact) mass is 1070 g/mol. The molecule has 4 saturated heterocycles. The van der Waals surface area contributed by atoms with E-state index in [9.17, 15) is 24.3 Å². The molecule has 1 aliphatic carbocycles. The van der Waals surface area contributed by atoms with Crippen LogP contribution >= 0.6 is 0 Å². The van der Waals surface area contributed by atoms with Crippen molar-refractivity contribution in [3.8, 4) is 0 Å². The number of benzene rings is 2. The highest BCUT2D eigenvalue weighted by Crippen LogP contribution is 2.40. The van der Waals surface area contributed by atoms with Crippen molar-refractivity contribution in [2.24, 2.45) is 29.1 Å². The third-order valence-corrected chi connectivity index (χ3v) is 16.7. The van der Waals surface area contributed by atoms with E-state index in [-0.39, 0.29) is 59.9 Å². The van der Waals surface area contributed by atoms with Crippen molar-refractivity contribution >= 4 is 41.0 Å². The van der Waals surface area contributed by atoms with Gasteiger partial charge >= 0.3 is 0 Å². The maximum Gasteiger partial charge on any atom is 0.249 e. The summed E-state index contributed by atoms with van der Waals surface area (Å²) in [7, 11) is 0.